The predicted molar refractivity (Wildman–Crippen MR) is 48.9 cm³/mol. The van der Waals surface area contributed by atoms with Crippen molar-refractivity contribution in [2.45, 2.75) is 36.2 Å². The minimum Gasteiger partial charge on any atom is -0.386 e. The van der Waals surface area contributed by atoms with E-state index in [1.54, 1.807) is 0 Å². The van der Waals surface area contributed by atoms with E-state index in [1.807, 2.05) is 0 Å². The van der Waals surface area contributed by atoms with Gasteiger partial charge in [0, 0.05) is 0 Å². The molecule has 0 saturated carbocycles. The molecule has 0 bridgehead atoms. The fraction of sp³-hybridized carbons (Fsp3) is 0.778. The Morgan fingerprint density at radius 2 is 1.07 bits per heavy atom. The molecule has 0 heterocycles. The highest BCUT2D eigenvalue weighted by Gasteiger charge is 2.84. The molecule has 0 saturated heterocycles. The molecule has 0 spiro atoms. The molecule has 0 N–H and O–H groups in total. The van der Waals surface area contributed by atoms with Crippen LogP contribution in [0.3, 0.4) is 0 Å². The zero-order valence-electron chi connectivity index (χ0n) is 11.6. The highest BCUT2D eigenvalue weighted by atomic mass is 19.4. The average Bonchev–Trinajstić information content (AvgIpc) is 2.43. The summed E-state index contributed by atoms with van der Waals surface area (Å²) in [5.74, 6) is -28.9. The van der Waals surface area contributed by atoms with E-state index in [-0.39, 0.29) is 0 Å². The summed E-state index contributed by atoms with van der Waals surface area (Å²) in [5.41, 5.74) is 0. The standard InChI is InChI=1S/C9H2F14O4/c10-1-2(24)26-3(25)4(11,12)5(13,14)9(22,23)27-6(15,7(16,17)18)8(19,20)21/h1H2. The van der Waals surface area contributed by atoms with Crippen LogP contribution in [0.1, 0.15) is 0 Å². The van der Waals surface area contributed by atoms with Gasteiger partial charge in [0.1, 0.15) is 0 Å². The van der Waals surface area contributed by atoms with E-state index in [0.717, 1.165) is 0 Å². The summed E-state index contributed by atoms with van der Waals surface area (Å²) >= 11 is 0. The lowest BCUT2D eigenvalue weighted by atomic mass is 10.1. The second kappa shape index (κ2) is 6.93. The lowest BCUT2D eigenvalue weighted by molar-refractivity contribution is -0.512. The van der Waals surface area contributed by atoms with Gasteiger partial charge in [-0.15, -0.1) is 0 Å². The quantitative estimate of drug-likeness (QED) is 0.359. The van der Waals surface area contributed by atoms with Crippen molar-refractivity contribution >= 4 is 11.9 Å². The van der Waals surface area contributed by atoms with Crippen LogP contribution in [0.2, 0.25) is 0 Å². The topological polar surface area (TPSA) is 52.6 Å². The van der Waals surface area contributed by atoms with Gasteiger partial charge in [0.05, 0.1) is 0 Å². The first-order chi connectivity index (χ1) is 11.6. The van der Waals surface area contributed by atoms with Crippen molar-refractivity contribution in [2.75, 3.05) is 6.67 Å². The summed E-state index contributed by atoms with van der Waals surface area (Å²) in [6.07, 6.45) is -22.7. The summed E-state index contributed by atoms with van der Waals surface area (Å²) in [4.78, 5) is 20.7. The first-order valence-corrected chi connectivity index (χ1v) is 5.55. The minimum absolute atomic E-state index is 1.34. The molecule has 0 amide bonds. The number of halogens is 14. The number of carbonyl (C=O) groups is 2. The third-order valence-electron chi connectivity index (χ3n) is 2.33. The van der Waals surface area contributed by atoms with Gasteiger partial charge < -0.3 is 4.74 Å². The number of alkyl halides is 14. The van der Waals surface area contributed by atoms with E-state index in [4.69, 9.17) is 0 Å². The molecule has 18 heteroatoms. The first kappa shape index (κ1) is 25.1. The number of esters is 2. The Labute approximate surface area is 137 Å². The van der Waals surface area contributed by atoms with Gasteiger partial charge >= 0.3 is 48.1 Å². The van der Waals surface area contributed by atoms with Crippen molar-refractivity contribution in [1.29, 1.82) is 0 Å². The van der Waals surface area contributed by atoms with Gasteiger partial charge in [-0.2, -0.15) is 57.1 Å². The maximum absolute atomic E-state index is 13.1. The maximum Gasteiger partial charge on any atom is 0.458 e. The molecule has 0 aromatic carbocycles. The molecule has 0 fully saturated rings. The Hall–Kier alpha value is -1.88. The van der Waals surface area contributed by atoms with Crippen molar-refractivity contribution in [1.82, 2.24) is 0 Å². The molecule has 0 aromatic heterocycles. The van der Waals surface area contributed by atoms with Gasteiger partial charge in [0.25, 0.3) is 0 Å². The summed E-state index contributed by atoms with van der Waals surface area (Å²) in [6.45, 7) is -2.45. The largest absolute Gasteiger partial charge is 0.458 e. The Morgan fingerprint density at radius 3 is 1.37 bits per heavy atom. The van der Waals surface area contributed by atoms with Crippen molar-refractivity contribution in [3.8, 4) is 0 Å². The molecule has 0 unspecified atom stereocenters. The third kappa shape index (κ3) is 4.34. The smallest absolute Gasteiger partial charge is 0.386 e. The molecule has 0 aliphatic carbocycles. The lowest BCUT2D eigenvalue weighted by Gasteiger charge is -2.36. The van der Waals surface area contributed by atoms with Crippen LogP contribution in [0.5, 0.6) is 0 Å². The van der Waals surface area contributed by atoms with E-state index in [9.17, 15) is 71.1 Å². The Morgan fingerprint density at radius 1 is 0.704 bits per heavy atom. The summed E-state index contributed by atoms with van der Waals surface area (Å²) in [7, 11) is 0. The zero-order chi connectivity index (χ0) is 22.3. The van der Waals surface area contributed by atoms with Gasteiger partial charge in [-0.05, 0) is 0 Å². The minimum atomic E-state index is -7.66. The summed E-state index contributed by atoms with van der Waals surface area (Å²) < 4.78 is 179. The van der Waals surface area contributed by atoms with Crippen molar-refractivity contribution in [3.05, 3.63) is 0 Å². The Balaban J connectivity index is 6.10. The van der Waals surface area contributed by atoms with Crippen LogP contribution < -0.4 is 0 Å². The zero-order valence-corrected chi connectivity index (χ0v) is 11.6. The summed E-state index contributed by atoms with van der Waals surface area (Å²) in [5, 5.41) is 0. The molecule has 27 heavy (non-hydrogen) atoms. The number of hydrogen-bond donors (Lipinski definition) is 0. The van der Waals surface area contributed by atoms with Crippen LogP contribution in [0.4, 0.5) is 61.5 Å². The van der Waals surface area contributed by atoms with Crippen LogP contribution in [0, 0.1) is 0 Å². The normalized spacial score (nSPS) is 14.9. The van der Waals surface area contributed by atoms with Gasteiger partial charge in [0.2, 0.25) is 0 Å². The molecule has 0 aliphatic heterocycles. The second-order valence-corrected chi connectivity index (χ2v) is 4.25. The molecule has 0 atom stereocenters. The molecule has 0 aliphatic rings. The highest BCUT2D eigenvalue weighted by Crippen LogP contribution is 2.54. The van der Waals surface area contributed by atoms with Crippen LogP contribution in [0.15, 0.2) is 0 Å². The Bertz CT molecular complexity index is 562. The molecule has 0 aromatic rings. The third-order valence-corrected chi connectivity index (χ3v) is 2.33. The second-order valence-electron chi connectivity index (χ2n) is 4.25. The first-order valence-electron chi connectivity index (χ1n) is 5.55. The SMILES string of the molecule is O=C(CF)OC(=O)C(F)(F)C(F)(F)C(F)(F)OC(F)(C(F)(F)F)C(F)(F)F. The monoisotopic (exact) mass is 440 g/mol. The van der Waals surface area contributed by atoms with E-state index in [1.165, 1.54) is 4.74 Å². The highest BCUT2D eigenvalue weighted by molar-refractivity contribution is 5.90. The lowest BCUT2D eigenvalue weighted by Crippen LogP contribution is -2.66. The van der Waals surface area contributed by atoms with Gasteiger partial charge in [0.15, 0.2) is 6.67 Å². The van der Waals surface area contributed by atoms with Gasteiger partial charge in [-0.25, -0.2) is 14.0 Å². The maximum atomic E-state index is 13.1. The van der Waals surface area contributed by atoms with E-state index in [2.05, 4.69) is 4.74 Å². The van der Waals surface area contributed by atoms with Crippen LogP contribution in [0.25, 0.3) is 0 Å². The van der Waals surface area contributed by atoms with Crippen LogP contribution in [-0.4, -0.2) is 54.8 Å². The van der Waals surface area contributed by atoms with E-state index in [0.29, 0.717) is 0 Å². The summed E-state index contributed by atoms with van der Waals surface area (Å²) in [6, 6.07) is 0. The fourth-order valence-electron chi connectivity index (χ4n) is 1.02. The van der Waals surface area contributed by atoms with Gasteiger partial charge in [-0.3, -0.25) is 4.74 Å². The van der Waals surface area contributed by atoms with Crippen molar-refractivity contribution in [3.63, 3.8) is 0 Å². The molecule has 0 rings (SSSR count). The molecular formula is C9H2F14O4. The van der Waals surface area contributed by atoms with Crippen LogP contribution >= 0.6 is 0 Å². The molecule has 160 valence electrons. The number of carbonyl (C=O) groups excluding carboxylic acids is 2. The number of rotatable bonds is 6. The Kier molecular flexibility index (Phi) is 6.45. The van der Waals surface area contributed by atoms with Crippen molar-refractivity contribution in [2.24, 2.45) is 0 Å². The molecule has 4 nitrogen and oxygen atoms in total. The predicted octanol–water partition coefficient (Wildman–Crippen LogP) is 3.70. The molecular weight excluding hydrogens is 438 g/mol. The number of ether oxygens (including phenoxy) is 2. The average molecular weight is 440 g/mol. The van der Waals surface area contributed by atoms with E-state index >= 15 is 0 Å². The van der Waals surface area contributed by atoms with Crippen LogP contribution in [-0.2, 0) is 19.1 Å². The van der Waals surface area contributed by atoms with Crippen molar-refractivity contribution < 1.29 is 80.5 Å². The fourth-order valence-corrected chi connectivity index (χ4v) is 1.02. The molecule has 0 radical (unpaired) electrons. The number of hydrogen-bond acceptors (Lipinski definition) is 4. The van der Waals surface area contributed by atoms with Gasteiger partial charge in [-0.1, -0.05) is 0 Å². The van der Waals surface area contributed by atoms with E-state index < -0.39 is 54.8 Å².